The summed E-state index contributed by atoms with van der Waals surface area (Å²) >= 11 is 0. The van der Waals surface area contributed by atoms with E-state index in [1.165, 1.54) is 27.8 Å². The molecule has 1 aliphatic rings. The molecule has 0 N–H and O–H groups in total. The van der Waals surface area contributed by atoms with E-state index in [2.05, 4.69) is 190 Å². The van der Waals surface area contributed by atoms with Crippen molar-refractivity contribution in [3.63, 3.8) is 0 Å². The minimum absolute atomic E-state index is 0.141. The van der Waals surface area contributed by atoms with Crippen LogP contribution in [0.1, 0.15) is 25.0 Å². The van der Waals surface area contributed by atoms with Gasteiger partial charge >= 0.3 is 0 Å². The lowest BCUT2D eigenvalue weighted by molar-refractivity contribution is 0.661. The van der Waals surface area contributed by atoms with Gasteiger partial charge in [0.2, 0.25) is 0 Å². The van der Waals surface area contributed by atoms with Crippen LogP contribution in [-0.2, 0) is 5.41 Å². The van der Waals surface area contributed by atoms with Crippen molar-refractivity contribution in [3.8, 4) is 78.5 Å². The second-order valence-electron chi connectivity index (χ2n) is 14.8. The van der Waals surface area contributed by atoms with E-state index in [1.54, 1.807) is 0 Å². The van der Waals surface area contributed by atoms with E-state index in [4.69, 9.17) is 15.0 Å². The van der Waals surface area contributed by atoms with Crippen LogP contribution in [0.2, 0.25) is 0 Å². The van der Waals surface area contributed by atoms with Crippen molar-refractivity contribution in [2.24, 2.45) is 0 Å². The van der Waals surface area contributed by atoms with Crippen molar-refractivity contribution < 1.29 is 0 Å². The first-order valence-corrected chi connectivity index (χ1v) is 18.9. The Hall–Kier alpha value is -6.97. The third kappa shape index (κ3) is 5.73. The van der Waals surface area contributed by atoms with Crippen LogP contribution in [0.4, 0.5) is 0 Å². The predicted molar refractivity (Wildman–Crippen MR) is 228 cm³/mol. The highest BCUT2D eigenvalue weighted by atomic mass is 14.9. The fraction of sp³-hybridized carbons (Fsp3) is 0.0577. The van der Waals surface area contributed by atoms with Gasteiger partial charge < -0.3 is 0 Å². The molecule has 0 fully saturated rings. The van der Waals surface area contributed by atoms with Crippen LogP contribution in [0.25, 0.3) is 89.4 Å². The summed E-state index contributed by atoms with van der Waals surface area (Å²) in [5, 5.41) is 1.12. The molecule has 0 amide bonds. The fourth-order valence-electron chi connectivity index (χ4n) is 8.29. The average molecular weight is 704 g/mol. The van der Waals surface area contributed by atoms with Gasteiger partial charge in [0, 0.05) is 33.1 Å². The molecule has 0 aliphatic heterocycles. The Morgan fingerprint density at radius 3 is 1.55 bits per heavy atom. The summed E-state index contributed by atoms with van der Waals surface area (Å²) in [5.41, 5.74) is 17.5. The van der Waals surface area contributed by atoms with E-state index >= 15 is 0 Å². The summed E-state index contributed by atoms with van der Waals surface area (Å²) in [6.45, 7) is 4.66. The summed E-state index contributed by atoms with van der Waals surface area (Å²) in [6.07, 6.45) is 0. The molecule has 7 aromatic carbocycles. The van der Waals surface area contributed by atoms with Gasteiger partial charge in [-0.2, -0.15) is 0 Å². The Balaban J connectivity index is 1.20. The van der Waals surface area contributed by atoms with Gasteiger partial charge in [-0.25, -0.2) is 15.0 Å². The standard InChI is InChI=1S/C52H37N3/c1-52(2)45-28-15-14-26-40(45)43-30-44-42(31-49(53-50(44)32-46(43)52)41-27-13-12-25-39(41)34-17-6-3-7-18-34)37-23-16-24-38(29-37)51-54-47(35-19-8-4-9-20-35)33-48(55-51)36-21-10-5-11-22-36/h3-33H,1-2H3. The fourth-order valence-corrected chi connectivity index (χ4v) is 8.29. The number of hydrogen-bond acceptors (Lipinski definition) is 3. The van der Waals surface area contributed by atoms with Gasteiger partial charge in [0.25, 0.3) is 0 Å². The van der Waals surface area contributed by atoms with Crippen LogP contribution in [0, 0.1) is 0 Å². The minimum Gasteiger partial charge on any atom is -0.248 e. The second kappa shape index (κ2) is 13.2. The first kappa shape index (κ1) is 32.7. The molecule has 0 spiro atoms. The van der Waals surface area contributed by atoms with E-state index in [9.17, 15) is 0 Å². The number of aromatic nitrogens is 3. The smallest absolute Gasteiger partial charge is 0.160 e. The Bertz CT molecular complexity index is 2820. The molecular formula is C52H37N3. The molecule has 2 aromatic heterocycles. The number of benzene rings is 7. The molecule has 0 bridgehead atoms. The summed E-state index contributed by atoms with van der Waals surface area (Å²) < 4.78 is 0. The third-order valence-corrected chi connectivity index (χ3v) is 11.1. The highest BCUT2D eigenvalue weighted by molar-refractivity contribution is 6.02. The zero-order valence-corrected chi connectivity index (χ0v) is 30.7. The molecule has 10 rings (SSSR count). The Labute approximate surface area is 321 Å². The Kier molecular flexibility index (Phi) is 7.81. The van der Waals surface area contributed by atoms with Gasteiger partial charge in [0.1, 0.15) is 0 Å². The molecule has 3 heteroatoms. The topological polar surface area (TPSA) is 38.7 Å². The maximum Gasteiger partial charge on any atom is 0.160 e. The maximum absolute atomic E-state index is 5.47. The van der Waals surface area contributed by atoms with Crippen molar-refractivity contribution in [1.82, 2.24) is 15.0 Å². The van der Waals surface area contributed by atoms with E-state index in [1.807, 2.05) is 12.1 Å². The quantitative estimate of drug-likeness (QED) is 0.173. The van der Waals surface area contributed by atoms with Crippen LogP contribution < -0.4 is 0 Å². The second-order valence-corrected chi connectivity index (χ2v) is 14.8. The van der Waals surface area contributed by atoms with Gasteiger partial charge in [-0.3, -0.25) is 0 Å². The van der Waals surface area contributed by atoms with Crippen molar-refractivity contribution in [1.29, 1.82) is 0 Å². The molecular weight excluding hydrogens is 667 g/mol. The van der Waals surface area contributed by atoms with Gasteiger partial charge in [-0.1, -0.05) is 172 Å². The van der Waals surface area contributed by atoms with Crippen molar-refractivity contribution in [2.75, 3.05) is 0 Å². The lowest BCUT2D eigenvalue weighted by atomic mass is 9.82. The van der Waals surface area contributed by atoms with Gasteiger partial charge in [0.15, 0.2) is 5.82 Å². The largest absolute Gasteiger partial charge is 0.248 e. The van der Waals surface area contributed by atoms with E-state index < -0.39 is 0 Å². The molecule has 0 atom stereocenters. The third-order valence-electron chi connectivity index (χ3n) is 11.1. The lowest BCUT2D eigenvalue weighted by Crippen LogP contribution is -2.14. The molecule has 0 saturated carbocycles. The molecule has 3 nitrogen and oxygen atoms in total. The van der Waals surface area contributed by atoms with Crippen molar-refractivity contribution in [2.45, 2.75) is 19.3 Å². The first-order chi connectivity index (χ1) is 27.0. The number of hydrogen-bond donors (Lipinski definition) is 0. The normalized spacial score (nSPS) is 12.7. The minimum atomic E-state index is -0.141. The zero-order chi connectivity index (χ0) is 36.9. The van der Waals surface area contributed by atoms with Gasteiger partial charge in [-0.05, 0) is 74.8 Å². The molecule has 260 valence electrons. The summed E-state index contributed by atoms with van der Waals surface area (Å²) in [5.74, 6) is 0.687. The maximum atomic E-state index is 5.47. The lowest BCUT2D eigenvalue weighted by Gasteiger charge is -2.22. The van der Waals surface area contributed by atoms with E-state index in [-0.39, 0.29) is 5.41 Å². The highest BCUT2D eigenvalue weighted by Gasteiger charge is 2.36. The van der Waals surface area contributed by atoms with Gasteiger partial charge in [-0.15, -0.1) is 0 Å². The zero-order valence-electron chi connectivity index (χ0n) is 30.7. The van der Waals surface area contributed by atoms with Gasteiger partial charge in [0.05, 0.1) is 22.6 Å². The average Bonchev–Trinajstić information content (AvgIpc) is 3.48. The molecule has 1 aliphatic carbocycles. The highest BCUT2D eigenvalue weighted by Crippen LogP contribution is 2.51. The number of nitrogens with zero attached hydrogens (tertiary/aromatic N) is 3. The van der Waals surface area contributed by atoms with E-state index in [0.29, 0.717) is 5.82 Å². The van der Waals surface area contributed by atoms with E-state index in [0.717, 1.165) is 66.9 Å². The molecule has 9 aromatic rings. The SMILES string of the molecule is CC1(C)c2ccccc2-c2cc3c(-c4cccc(-c5nc(-c6ccccc6)cc(-c6ccccc6)n5)c4)cc(-c4ccccc4-c4ccccc4)nc3cc21. The number of rotatable bonds is 6. The van der Waals surface area contributed by atoms with Crippen LogP contribution in [0.3, 0.4) is 0 Å². The predicted octanol–water partition coefficient (Wildman–Crippen LogP) is 13.3. The van der Waals surface area contributed by atoms with Crippen LogP contribution >= 0.6 is 0 Å². The molecule has 2 heterocycles. The number of fused-ring (bicyclic) bond motifs is 4. The summed E-state index contributed by atoms with van der Waals surface area (Å²) in [6, 6.07) is 66.5. The van der Waals surface area contributed by atoms with Crippen LogP contribution in [0.15, 0.2) is 188 Å². The summed E-state index contributed by atoms with van der Waals surface area (Å²) in [7, 11) is 0. The molecule has 0 unspecified atom stereocenters. The van der Waals surface area contributed by atoms with Crippen molar-refractivity contribution in [3.05, 3.63) is 199 Å². The summed E-state index contributed by atoms with van der Waals surface area (Å²) in [4.78, 5) is 15.8. The Morgan fingerprint density at radius 2 is 0.873 bits per heavy atom. The Morgan fingerprint density at radius 1 is 0.327 bits per heavy atom. The first-order valence-electron chi connectivity index (χ1n) is 18.9. The monoisotopic (exact) mass is 703 g/mol. The van der Waals surface area contributed by atoms with Crippen molar-refractivity contribution >= 4 is 10.9 Å². The molecule has 55 heavy (non-hydrogen) atoms. The molecule has 0 saturated heterocycles. The van der Waals surface area contributed by atoms with Crippen LogP contribution in [-0.4, -0.2) is 15.0 Å². The van der Waals surface area contributed by atoms with Crippen LogP contribution in [0.5, 0.6) is 0 Å². The molecule has 0 radical (unpaired) electrons. The number of pyridine rings is 1.